The van der Waals surface area contributed by atoms with Gasteiger partial charge < -0.3 is 10.2 Å². The number of hydrogen-bond donors (Lipinski definition) is 1. The third-order valence-electron chi connectivity index (χ3n) is 3.00. The Morgan fingerprint density at radius 3 is 2.39 bits per heavy atom. The van der Waals surface area contributed by atoms with E-state index in [0.29, 0.717) is 12.0 Å². The van der Waals surface area contributed by atoms with Crippen molar-refractivity contribution < 1.29 is 0 Å². The molecular formula is C14H26N4. The molecule has 0 amide bonds. The minimum absolute atomic E-state index is 0.365. The summed E-state index contributed by atoms with van der Waals surface area (Å²) in [6.07, 6.45) is 1.97. The van der Waals surface area contributed by atoms with Gasteiger partial charge in [0.1, 0.15) is 5.82 Å². The molecular weight excluding hydrogens is 224 g/mol. The highest BCUT2D eigenvalue weighted by molar-refractivity contribution is 5.49. The van der Waals surface area contributed by atoms with Gasteiger partial charge in [-0.2, -0.15) is 0 Å². The van der Waals surface area contributed by atoms with Gasteiger partial charge in [0.05, 0.1) is 17.6 Å². The van der Waals surface area contributed by atoms with Crippen molar-refractivity contribution in [2.24, 2.45) is 0 Å². The van der Waals surface area contributed by atoms with Gasteiger partial charge in [-0.05, 0) is 27.8 Å². The summed E-state index contributed by atoms with van der Waals surface area (Å²) in [6.45, 7) is 12.6. The SMILES string of the molecule is CCN(c1cnc(C(C)C)nc1CNC)C(C)C. The van der Waals surface area contributed by atoms with Gasteiger partial charge >= 0.3 is 0 Å². The minimum Gasteiger partial charge on any atom is -0.367 e. The molecule has 0 fully saturated rings. The predicted octanol–water partition coefficient (Wildman–Crippen LogP) is 2.55. The summed E-state index contributed by atoms with van der Waals surface area (Å²) in [5.74, 6) is 1.28. The Morgan fingerprint density at radius 2 is 1.94 bits per heavy atom. The molecule has 0 spiro atoms. The Labute approximate surface area is 111 Å². The molecule has 0 unspecified atom stereocenters. The lowest BCUT2D eigenvalue weighted by Gasteiger charge is -2.29. The lowest BCUT2D eigenvalue weighted by atomic mass is 10.2. The van der Waals surface area contributed by atoms with Gasteiger partial charge in [0.25, 0.3) is 0 Å². The molecule has 4 nitrogen and oxygen atoms in total. The second-order valence-corrected chi connectivity index (χ2v) is 5.12. The van der Waals surface area contributed by atoms with E-state index in [1.807, 2.05) is 13.2 Å². The van der Waals surface area contributed by atoms with Crippen LogP contribution in [0, 0.1) is 0 Å². The summed E-state index contributed by atoms with van der Waals surface area (Å²) in [7, 11) is 1.95. The van der Waals surface area contributed by atoms with Crippen LogP contribution in [-0.2, 0) is 6.54 Å². The zero-order chi connectivity index (χ0) is 13.7. The third-order valence-corrected chi connectivity index (χ3v) is 3.00. The van der Waals surface area contributed by atoms with Crippen LogP contribution >= 0.6 is 0 Å². The van der Waals surface area contributed by atoms with Crippen LogP contribution in [0.25, 0.3) is 0 Å². The quantitative estimate of drug-likeness (QED) is 0.842. The summed E-state index contributed by atoms with van der Waals surface area (Å²) in [6, 6.07) is 0.458. The fourth-order valence-corrected chi connectivity index (χ4v) is 2.06. The van der Waals surface area contributed by atoms with Crippen molar-refractivity contribution in [3.63, 3.8) is 0 Å². The van der Waals surface area contributed by atoms with Crippen LogP contribution in [0.5, 0.6) is 0 Å². The number of nitrogens with zero attached hydrogens (tertiary/aromatic N) is 3. The summed E-state index contributed by atoms with van der Waals surface area (Å²) < 4.78 is 0. The molecule has 1 rings (SSSR count). The van der Waals surface area contributed by atoms with Crippen molar-refractivity contribution in [2.45, 2.75) is 53.1 Å². The molecule has 0 radical (unpaired) electrons. The van der Waals surface area contributed by atoms with E-state index < -0.39 is 0 Å². The van der Waals surface area contributed by atoms with Crippen molar-refractivity contribution in [1.82, 2.24) is 15.3 Å². The molecule has 0 aliphatic heterocycles. The summed E-state index contributed by atoms with van der Waals surface area (Å²) in [4.78, 5) is 11.5. The zero-order valence-corrected chi connectivity index (χ0v) is 12.5. The average Bonchev–Trinajstić information content (AvgIpc) is 2.31. The van der Waals surface area contributed by atoms with E-state index in [1.54, 1.807) is 0 Å². The highest BCUT2D eigenvalue weighted by Crippen LogP contribution is 2.22. The van der Waals surface area contributed by atoms with Crippen molar-refractivity contribution in [3.8, 4) is 0 Å². The molecule has 18 heavy (non-hydrogen) atoms. The molecule has 0 aliphatic rings. The summed E-state index contributed by atoms with van der Waals surface area (Å²) in [5.41, 5.74) is 2.23. The highest BCUT2D eigenvalue weighted by Gasteiger charge is 2.16. The van der Waals surface area contributed by atoms with E-state index in [1.165, 1.54) is 0 Å². The maximum Gasteiger partial charge on any atom is 0.131 e. The maximum absolute atomic E-state index is 4.70. The van der Waals surface area contributed by atoms with Crippen molar-refractivity contribution >= 4 is 5.69 Å². The molecule has 1 aromatic rings. The molecule has 1 N–H and O–H groups in total. The molecule has 0 atom stereocenters. The van der Waals surface area contributed by atoms with Crippen LogP contribution in [0.2, 0.25) is 0 Å². The molecule has 102 valence electrons. The van der Waals surface area contributed by atoms with E-state index >= 15 is 0 Å². The van der Waals surface area contributed by atoms with Gasteiger partial charge in [0, 0.05) is 25.0 Å². The van der Waals surface area contributed by atoms with E-state index in [-0.39, 0.29) is 0 Å². The molecule has 0 bridgehead atoms. The minimum atomic E-state index is 0.365. The first kappa shape index (κ1) is 14.9. The van der Waals surface area contributed by atoms with Crippen molar-refractivity contribution in [2.75, 3.05) is 18.5 Å². The molecule has 0 saturated heterocycles. The van der Waals surface area contributed by atoms with Gasteiger partial charge in [-0.15, -0.1) is 0 Å². The molecule has 4 heteroatoms. The molecule has 0 aromatic carbocycles. The lowest BCUT2D eigenvalue weighted by molar-refractivity contribution is 0.672. The molecule has 1 aromatic heterocycles. The zero-order valence-electron chi connectivity index (χ0n) is 12.5. The van der Waals surface area contributed by atoms with Crippen LogP contribution in [-0.4, -0.2) is 29.6 Å². The van der Waals surface area contributed by atoms with Gasteiger partial charge in [-0.25, -0.2) is 9.97 Å². The molecule has 0 aliphatic carbocycles. The summed E-state index contributed by atoms with van der Waals surface area (Å²) in [5, 5.41) is 3.19. The third kappa shape index (κ3) is 3.42. The first-order chi connectivity index (χ1) is 8.51. The first-order valence-electron chi connectivity index (χ1n) is 6.78. The first-order valence-corrected chi connectivity index (χ1v) is 6.78. The highest BCUT2D eigenvalue weighted by atomic mass is 15.2. The summed E-state index contributed by atoms with van der Waals surface area (Å²) >= 11 is 0. The standard InChI is InChI=1S/C14H26N4/c1-7-18(11(4)5)13-9-16-14(10(2)3)17-12(13)8-15-6/h9-11,15H,7-8H2,1-6H3. The molecule has 0 saturated carbocycles. The average molecular weight is 250 g/mol. The fourth-order valence-electron chi connectivity index (χ4n) is 2.06. The topological polar surface area (TPSA) is 41.1 Å². The van der Waals surface area contributed by atoms with Crippen molar-refractivity contribution in [1.29, 1.82) is 0 Å². The lowest BCUT2D eigenvalue weighted by Crippen LogP contribution is -2.32. The second kappa shape index (κ2) is 6.69. The monoisotopic (exact) mass is 250 g/mol. The number of anilines is 1. The van der Waals surface area contributed by atoms with Crippen molar-refractivity contribution in [3.05, 3.63) is 17.7 Å². The van der Waals surface area contributed by atoms with Crippen LogP contribution in [0.15, 0.2) is 6.20 Å². The Kier molecular flexibility index (Phi) is 5.54. The Hall–Kier alpha value is -1.16. The van der Waals surface area contributed by atoms with E-state index in [2.05, 4.69) is 49.8 Å². The van der Waals surface area contributed by atoms with Crippen LogP contribution in [0.1, 0.15) is 52.1 Å². The predicted molar refractivity (Wildman–Crippen MR) is 77.0 cm³/mol. The van der Waals surface area contributed by atoms with Gasteiger partial charge in [0.15, 0.2) is 0 Å². The number of aromatic nitrogens is 2. The number of nitrogens with one attached hydrogen (secondary N) is 1. The van der Waals surface area contributed by atoms with Crippen LogP contribution < -0.4 is 10.2 Å². The largest absolute Gasteiger partial charge is 0.367 e. The van der Waals surface area contributed by atoms with Gasteiger partial charge in [-0.3, -0.25) is 0 Å². The second-order valence-electron chi connectivity index (χ2n) is 5.12. The Bertz CT molecular complexity index is 374. The maximum atomic E-state index is 4.70. The normalized spacial score (nSPS) is 11.3. The molecule has 1 heterocycles. The van der Waals surface area contributed by atoms with Crippen LogP contribution in [0.4, 0.5) is 5.69 Å². The number of rotatable bonds is 6. The Balaban J connectivity index is 3.17. The smallest absolute Gasteiger partial charge is 0.131 e. The van der Waals surface area contributed by atoms with E-state index in [4.69, 9.17) is 4.98 Å². The number of hydrogen-bond acceptors (Lipinski definition) is 4. The fraction of sp³-hybridized carbons (Fsp3) is 0.714. The van der Waals surface area contributed by atoms with E-state index in [9.17, 15) is 0 Å². The Morgan fingerprint density at radius 1 is 1.28 bits per heavy atom. The van der Waals surface area contributed by atoms with Gasteiger partial charge in [-0.1, -0.05) is 13.8 Å². The van der Waals surface area contributed by atoms with E-state index in [0.717, 1.165) is 30.3 Å². The van der Waals surface area contributed by atoms with Gasteiger partial charge in [0.2, 0.25) is 0 Å². The van der Waals surface area contributed by atoms with Crippen LogP contribution in [0.3, 0.4) is 0 Å².